The molecule has 0 aromatic heterocycles. The second-order valence-electron chi connectivity index (χ2n) is 4.60. The third kappa shape index (κ3) is 5.80. The van der Waals surface area contributed by atoms with Gasteiger partial charge in [-0.1, -0.05) is 34.5 Å². The van der Waals surface area contributed by atoms with E-state index in [0.717, 1.165) is 11.8 Å². The van der Waals surface area contributed by atoms with E-state index in [1.54, 1.807) is 36.4 Å². The van der Waals surface area contributed by atoms with Crippen molar-refractivity contribution in [3.05, 3.63) is 59.1 Å². The van der Waals surface area contributed by atoms with Gasteiger partial charge in [0.1, 0.15) is 6.21 Å². The monoisotopic (exact) mass is 331 g/mol. The van der Waals surface area contributed by atoms with Crippen molar-refractivity contribution >= 4 is 41.2 Å². The van der Waals surface area contributed by atoms with Crippen molar-refractivity contribution in [2.75, 3.05) is 10.6 Å². The Morgan fingerprint density at radius 1 is 1.00 bits per heavy atom. The lowest BCUT2D eigenvalue weighted by Crippen LogP contribution is -2.15. The third-order valence-electron chi connectivity index (χ3n) is 2.72. The van der Waals surface area contributed by atoms with Crippen LogP contribution < -0.4 is 10.6 Å². The molecule has 0 unspecified atom stereocenters. The molecule has 2 aromatic rings. The van der Waals surface area contributed by atoms with Crippen molar-refractivity contribution < 1.29 is 14.4 Å². The minimum absolute atomic E-state index is 0.499. The number of oxime groups is 1. The number of nitrogens with zero attached hydrogens (tertiary/aromatic N) is 1. The molecule has 2 rings (SSSR count). The molecule has 7 heteroatoms. The highest BCUT2D eigenvalue weighted by atomic mass is 35.5. The fourth-order valence-corrected chi connectivity index (χ4v) is 1.73. The first-order valence-corrected chi connectivity index (χ1v) is 7.05. The second-order valence-corrected chi connectivity index (χ2v) is 5.04. The van der Waals surface area contributed by atoms with Crippen LogP contribution in [0.2, 0.25) is 5.02 Å². The first-order chi connectivity index (χ1) is 11.0. The summed E-state index contributed by atoms with van der Waals surface area (Å²) in [5.74, 6) is -0.506. The highest BCUT2D eigenvalue weighted by Gasteiger charge is 2.03. The lowest BCUT2D eigenvalue weighted by Gasteiger charge is -2.03. The Kier molecular flexibility index (Phi) is 5.71. The van der Waals surface area contributed by atoms with Gasteiger partial charge in [-0.25, -0.2) is 4.79 Å². The quantitative estimate of drug-likeness (QED) is 0.507. The first-order valence-electron chi connectivity index (χ1n) is 6.67. The Morgan fingerprint density at radius 2 is 1.57 bits per heavy atom. The van der Waals surface area contributed by atoms with Crippen molar-refractivity contribution in [1.29, 1.82) is 0 Å². The van der Waals surface area contributed by atoms with Crippen LogP contribution in [0.15, 0.2) is 53.7 Å². The van der Waals surface area contributed by atoms with E-state index in [0.29, 0.717) is 16.4 Å². The van der Waals surface area contributed by atoms with E-state index >= 15 is 0 Å². The fraction of sp³-hybridized carbons (Fsp3) is 0.0625. The van der Waals surface area contributed by atoms with Gasteiger partial charge in [-0.2, -0.15) is 0 Å². The number of hydrogen-bond acceptors (Lipinski definition) is 4. The number of carbonyl (C=O) groups excluding carboxylic acids is 2. The predicted molar refractivity (Wildman–Crippen MR) is 89.9 cm³/mol. The molecule has 0 fully saturated rings. The van der Waals surface area contributed by atoms with Gasteiger partial charge in [0.2, 0.25) is 0 Å². The molecule has 0 aliphatic heterocycles. The van der Waals surface area contributed by atoms with Gasteiger partial charge < -0.3 is 5.32 Å². The van der Waals surface area contributed by atoms with Crippen molar-refractivity contribution in [1.82, 2.24) is 0 Å². The largest absolute Gasteiger partial charge is 0.437 e. The first kappa shape index (κ1) is 16.5. The van der Waals surface area contributed by atoms with Crippen molar-refractivity contribution in [3.63, 3.8) is 0 Å². The summed E-state index contributed by atoms with van der Waals surface area (Å²) in [4.78, 5) is 27.6. The smallest absolute Gasteiger partial charge is 0.321 e. The highest BCUT2D eigenvalue weighted by Crippen LogP contribution is 2.13. The van der Waals surface area contributed by atoms with Gasteiger partial charge in [0.15, 0.2) is 0 Å². The maximum atomic E-state index is 11.6. The van der Waals surface area contributed by atoms with Gasteiger partial charge >= 0.3 is 6.09 Å². The average Bonchev–Trinajstić information content (AvgIpc) is 2.52. The van der Waals surface area contributed by atoms with Gasteiger partial charge in [0.05, 0.1) is 0 Å². The molecule has 0 saturated heterocycles. The van der Waals surface area contributed by atoms with E-state index in [9.17, 15) is 9.59 Å². The van der Waals surface area contributed by atoms with Crippen LogP contribution in [0.5, 0.6) is 0 Å². The number of benzene rings is 2. The molecule has 2 amide bonds. The molecule has 0 aliphatic rings. The minimum atomic E-state index is -0.813. The summed E-state index contributed by atoms with van der Waals surface area (Å²) in [5.41, 5.74) is 2.20. The molecular weight excluding hydrogens is 318 g/mol. The van der Waals surface area contributed by atoms with Crippen LogP contribution in [-0.2, 0) is 9.63 Å². The highest BCUT2D eigenvalue weighted by molar-refractivity contribution is 6.31. The number of carbonyl (C=O) groups is 2. The average molecular weight is 332 g/mol. The van der Waals surface area contributed by atoms with Crippen LogP contribution in [0, 0.1) is 6.92 Å². The third-order valence-corrected chi connectivity index (χ3v) is 2.97. The molecule has 0 radical (unpaired) electrons. The summed E-state index contributed by atoms with van der Waals surface area (Å²) >= 11 is 5.73. The summed E-state index contributed by atoms with van der Waals surface area (Å²) in [7, 11) is 0. The maximum Gasteiger partial charge on any atom is 0.437 e. The SMILES string of the molecule is Cc1ccc(NC(=O)C=NOC(=O)Nc2ccc(Cl)cc2)cc1. The standard InChI is InChI=1S/C16H14ClN3O3/c1-11-2-6-13(7-3-11)19-15(21)10-18-23-16(22)20-14-8-4-12(17)5-9-14/h2-10H,1H3,(H,19,21)(H,20,22). The van der Waals surface area contributed by atoms with E-state index in [-0.39, 0.29) is 0 Å². The summed E-state index contributed by atoms with van der Waals surface area (Å²) in [6, 6.07) is 13.7. The number of nitrogens with one attached hydrogen (secondary N) is 2. The summed E-state index contributed by atoms with van der Waals surface area (Å²) in [5, 5.41) is 8.89. The Balaban J connectivity index is 1.78. The molecule has 2 N–H and O–H groups in total. The molecule has 0 heterocycles. The van der Waals surface area contributed by atoms with Crippen LogP contribution in [0.3, 0.4) is 0 Å². The normalized spacial score (nSPS) is 10.3. The van der Waals surface area contributed by atoms with Crippen LogP contribution in [-0.4, -0.2) is 18.2 Å². The van der Waals surface area contributed by atoms with Crippen LogP contribution in [0.25, 0.3) is 0 Å². The van der Waals surface area contributed by atoms with E-state index in [1.165, 1.54) is 0 Å². The topological polar surface area (TPSA) is 79.8 Å². The Hall–Kier alpha value is -2.86. The number of rotatable bonds is 4. The minimum Gasteiger partial charge on any atom is -0.321 e. The van der Waals surface area contributed by atoms with Gasteiger partial charge in [0.25, 0.3) is 5.91 Å². The molecule has 6 nitrogen and oxygen atoms in total. The van der Waals surface area contributed by atoms with Crippen LogP contribution in [0.4, 0.5) is 16.2 Å². The summed E-state index contributed by atoms with van der Waals surface area (Å²) in [6.07, 6.45) is 0.0631. The van der Waals surface area contributed by atoms with Gasteiger partial charge in [-0.3, -0.25) is 14.9 Å². The number of aryl methyl sites for hydroxylation is 1. The Morgan fingerprint density at radius 3 is 2.22 bits per heavy atom. The number of anilines is 2. The molecule has 0 bridgehead atoms. The zero-order valence-electron chi connectivity index (χ0n) is 12.2. The summed E-state index contributed by atoms with van der Waals surface area (Å²) < 4.78 is 0. The Bertz CT molecular complexity index is 712. The van der Waals surface area contributed by atoms with Crippen molar-refractivity contribution in [3.8, 4) is 0 Å². The lowest BCUT2D eigenvalue weighted by molar-refractivity contribution is -0.110. The Labute approximate surface area is 138 Å². The number of amides is 2. The second kappa shape index (κ2) is 7.95. The number of hydrogen-bond donors (Lipinski definition) is 2. The summed E-state index contributed by atoms with van der Waals surface area (Å²) in [6.45, 7) is 1.94. The lowest BCUT2D eigenvalue weighted by atomic mass is 10.2. The van der Waals surface area contributed by atoms with Crippen LogP contribution in [0.1, 0.15) is 5.56 Å². The molecule has 0 atom stereocenters. The predicted octanol–water partition coefficient (Wildman–Crippen LogP) is 3.82. The maximum absolute atomic E-state index is 11.6. The molecule has 2 aromatic carbocycles. The molecule has 0 spiro atoms. The molecule has 0 saturated carbocycles. The number of halogens is 1. The molecule has 118 valence electrons. The van der Waals surface area contributed by atoms with Crippen LogP contribution >= 0.6 is 11.6 Å². The zero-order valence-corrected chi connectivity index (χ0v) is 13.0. The zero-order chi connectivity index (χ0) is 16.7. The van der Waals surface area contributed by atoms with E-state index in [4.69, 9.17) is 11.6 Å². The van der Waals surface area contributed by atoms with E-state index in [2.05, 4.69) is 20.6 Å². The molecule has 23 heavy (non-hydrogen) atoms. The van der Waals surface area contributed by atoms with Crippen molar-refractivity contribution in [2.24, 2.45) is 5.16 Å². The fourth-order valence-electron chi connectivity index (χ4n) is 1.61. The van der Waals surface area contributed by atoms with Crippen molar-refractivity contribution in [2.45, 2.75) is 6.92 Å². The van der Waals surface area contributed by atoms with Gasteiger partial charge in [0, 0.05) is 16.4 Å². The molecule has 0 aliphatic carbocycles. The van der Waals surface area contributed by atoms with Gasteiger partial charge in [-0.15, -0.1) is 0 Å². The van der Waals surface area contributed by atoms with E-state index < -0.39 is 12.0 Å². The van der Waals surface area contributed by atoms with Gasteiger partial charge in [-0.05, 0) is 43.3 Å². The van der Waals surface area contributed by atoms with E-state index in [1.807, 2.05) is 19.1 Å². The molecular formula is C16H14ClN3O3.